The molecule has 0 aliphatic carbocycles. The molecule has 10 heteroatoms. The fraction of sp³-hybridized carbons (Fsp3) is 0.704. The quantitative estimate of drug-likeness (QED) is 0.486. The van der Waals surface area contributed by atoms with Crippen molar-refractivity contribution in [3.05, 3.63) is 21.7 Å². The number of Topliss-reactive ketones (excluding diaryl/α,β-unsaturated/α-hetero) is 1. The SMILES string of the molecule is CC(=Cc1csc(C)n1)[C@@H]1C[C@@H]2OC(=O)NC2CCCC(C)[C@H](O)C(C)C(=O)C(C)(C)C(O)CC(=O)O1. The van der Waals surface area contributed by atoms with Gasteiger partial charge >= 0.3 is 12.1 Å². The largest absolute Gasteiger partial charge is 0.458 e. The first-order valence-electron chi connectivity index (χ1n) is 13.0. The van der Waals surface area contributed by atoms with Gasteiger partial charge in [-0.3, -0.25) is 9.59 Å². The molecule has 1 aromatic rings. The number of aliphatic hydroxyl groups is 2. The molecule has 9 nitrogen and oxygen atoms in total. The number of aryl methyl sites for hydroxylation is 1. The second kappa shape index (κ2) is 12.0. The van der Waals surface area contributed by atoms with Crippen molar-refractivity contribution in [2.45, 2.75) is 104 Å². The topological polar surface area (TPSA) is 135 Å². The summed E-state index contributed by atoms with van der Waals surface area (Å²) in [4.78, 5) is 42.8. The number of aromatic nitrogens is 1. The first-order valence-corrected chi connectivity index (χ1v) is 13.8. The van der Waals surface area contributed by atoms with Gasteiger partial charge in [-0.25, -0.2) is 9.78 Å². The molecule has 2 fully saturated rings. The summed E-state index contributed by atoms with van der Waals surface area (Å²) in [5.74, 6) is -1.85. The number of amides is 1. The van der Waals surface area contributed by atoms with Crippen LogP contribution in [0.2, 0.25) is 0 Å². The predicted octanol–water partition coefficient (Wildman–Crippen LogP) is 3.80. The van der Waals surface area contributed by atoms with Crippen LogP contribution in [-0.4, -0.2) is 63.5 Å². The molecule has 2 aliphatic heterocycles. The van der Waals surface area contributed by atoms with E-state index in [1.165, 1.54) is 11.3 Å². The fourth-order valence-corrected chi connectivity index (χ4v) is 5.70. The van der Waals surface area contributed by atoms with E-state index in [9.17, 15) is 24.6 Å². The highest BCUT2D eigenvalue weighted by Crippen LogP contribution is 2.33. The monoisotopic (exact) mass is 536 g/mol. The fourth-order valence-electron chi connectivity index (χ4n) is 5.13. The molecule has 37 heavy (non-hydrogen) atoms. The maximum atomic E-state index is 13.2. The molecule has 0 saturated carbocycles. The summed E-state index contributed by atoms with van der Waals surface area (Å²) < 4.78 is 11.4. The Balaban J connectivity index is 1.91. The van der Waals surface area contributed by atoms with Gasteiger partial charge in [0.15, 0.2) is 0 Å². The van der Waals surface area contributed by atoms with Crippen molar-refractivity contribution in [2.75, 3.05) is 0 Å². The molecular formula is C27H40N2O7S. The zero-order chi connectivity index (χ0) is 27.5. The molecule has 0 spiro atoms. The second-order valence-corrected chi connectivity index (χ2v) is 12.1. The van der Waals surface area contributed by atoms with Crippen LogP contribution in [0.15, 0.2) is 11.0 Å². The molecule has 3 rings (SSSR count). The molecular weight excluding hydrogens is 496 g/mol. The maximum Gasteiger partial charge on any atom is 0.407 e. The Morgan fingerprint density at radius 3 is 2.54 bits per heavy atom. The van der Waals surface area contributed by atoms with Crippen LogP contribution < -0.4 is 5.32 Å². The van der Waals surface area contributed by atoms with Gasteiger partial charge in [0.2, 0.25) is 0 Å². The molecule has 0 bridgehead atoms. The van der Waals surface area contributed by atoms with Crippen LogP contribution in [0.25, 0.3) is 6.08 Å². The summed E-state index contributed by atoms with van der Waals surface area (Å²) in [5.41, 5.74) is 0.219. The third-order valence-electron chi connectivity index (χ3n) is 7.76. The average Bonchev–Trinajstić information content (AvgIpc) is 3.40. The molecule has 206 valence electrons. The number of thiazole rings is 1. The third-order valence-corrected chi connectivity index (χ3v) is 8.55. The minimum absolute atomic E-state index is 0.166. The van der Waals surface area contributed by atoms with Crippen molar-refractivity contribution in [2.24, 2.45) is 17.3 Å². The Labute approximate surface area is 222 Å². The Hall–Kier alpha value is -2.30. The lowest BCUT2D eigenvalue weighted by atomic mass is 9.73. The number of carbonyl (C=O) groups is 3. The Morgan fingerprint density at radius 1 is 1.19 bits per heavy atom. The highest BCUT2D eigenvalue weighted by Gasteiger charge is 2.43. The lowest BCUT2D eigenvalue weighted by Crippen LogP contribution is -2.46. The van der Waals surface area contributed by atoms with Gasteiger partial charge in [-0.05, 0) is 44.3 Å². The number of rotatable bonds is 2. The normalized spacial score (nSPS) is 34.3. The van der Waals surface area contributed by atoms with E-state index in [0.717, 1.165) is 16.3 Å². The first-order chi connectivity index (χ1) is 17.3. The van der Waals surface area contributed by atoms with Gasteiger partial charge in [0.05, 0.1) is 40.8 Å². The smallest absolute Gasteiger partial charge is 0.407 e. The molecule has 4 unspecified atom stereocenters. The summed E-state index contributed by atoms with van der Waals surface area (Å²) in [7, 11) is 0. The average molecular weight is 537 g/mol. The van der Waals surface area contributed by atoms with Crippen LogP contribution in [0, 0.1) is 24.2 Å². The van der Waals surface area contributed by atoms with Crippen molar-refractivity contribution >= 4 is 35.3 Å². The number of ketones is 1. The van der Waals surface area contributed by atoms with E-state index in [-0.39, 0.29) is 30.6 Å². The number of hydrogen-bond donors (Lipinski definition) is 3. The predicted molar refractivity (Wildman–Crippen MR) is 140 cm³/mol. The van der Waals surface area contributed by atoms with Gasteiger partial charge in [0, 0.05) is 17.7 Å². The number of esters is 1. The highest BCUT2D eigenvalue weighted by molar-refractivity contribution is 7.09. The summed E-state index contributed by atoms with van der Waals surface area (Å²) in [6.45, 7) is 10.5. The number of nitrogens with zero attached hydrogens (tertiary/aromatic N) is 1. The zero-order valence-corrected chi connectivity index (χ0v) is 23.3. The summed E-state index contributed by atoms with van der Waals surface area (Å²) in [6.07, 6.45) is -0.257. The molecule has 1 amide bonds. The van der Waals surface area contributed by atoms with E-state index in [0.29, 0.717) is 19.3 Å². The number of aliphatic hydroxyl groups excluding tert-OH is 2. The minimum Gasteiger partial charge on any atom is -0.458 e. The third kappa shape index (κ3) is 7.18. The van der Waals surface area contributed by atoms with Gasteiger partial charge < -0.3 is 25.0 Å². The number of carbonyl (C=O) groups excluding carboxylic acids is 3. The van der Waals surface area contributed by atoms with E-state index < -0.39 is 47.8 Å². The molecule has 7 atom stereocenters. The number of nitrogens with one attached hydrogen (secondary N) is 1. The van der Waals surface area contributed by atoms with Crippen molar-refractivity contribution in [3.63, 3.8) is 0 Å². The van der Waals surface area contributed by atoms with Gasteiger partial charge in [-0.1, -0.05) is 34.1 Å². The Bertz CT molecular complexity index is 1020. The number of fused-ring (bicyclic) bond motifs is 1. The number of ether oxygens (including phenoxy) is 2. The molecule has 3 heterocycles. The molecule has 2 aliphatic rings. The minimum atomic E-state index is -1.30. The Kier molecular flexibility index (Phi) is 9.52. The van der Waals surface area contributed by atoms with Crippen LogP contribution in [0.4, 0.5) is 4.79 Å². The van der Waals surface area contributed by atoms with Crippen molar-refractivity contribution in [1.29, 1.82) is 0 Å². The second-order valence-electron chi connectivity index (χ2n) is 11.1. The van der Waals surface area contributed by atoms with E-state index in [2.05, 4.69) is 10.3 Å². The van der Waals surface area contributed by atoms with Crippen LogP contribution in [0.1, 0.15) is 77.4 Å². The van der Waals surface area contributed by atoms with Crippen molar-refractivity contribution in [3.8, 4) is 0 Å². The van der Waals surface area contributed by atoms with E-state index >= 15 is 0 Å². The molecule has 1 aromatic heterocycles. The zero-order valence-electron chi connectivity index (χ0n) is 22.5. The lowest BCUT2D eigenvalue weighted by molar-refractivity contribution is -0.155. The summed E-state index contributed by atoms with van der Waals surface area (Å²) in [5, 5.41) is 27.4. The van der Waals surface area contributed by atoms with E-state index in [1.54, 1.807) is 20.8 Å². The van der Waals surface area contributed by atoms with Gasteiger partial charge in [-0.2, -0.15) is 0 Å². The maximum absolute atomic E-state index is 13.2. The highest BCUT2D eigenvalue weighted by atomic mass is 32.1. The van der Waals surface area contributed by atoms with Crippen LogP contribution >= 0.6 is 11.3 Å². The first kappa shape index (κ1) is 29.3. The van der Waals surface area contributed by atoms with Crippen LogP contribution in [0.3, 0.4) is 0 Å². The van der Waals surface area contributed by atoms with E-state index in [1.807, 2.05) is 32.2 Å². The lowest BCUT2D eigenvalue weighted by Gasteiger charge is -2.34. The molecule has 0 aromatic carbocycles. The molecule has 0 radical (unpaired) electrons. The van der Waals surface area contributed by atoms with Crippen LogP contribution in [0.5, 0.6) is 0 Å². The number of hydrogen-bond acceptors (Lipinski definition) is 9. The number of alkyl carbamates (subject to hydrolysis) is 1. The van der Waals surface area contributed by atoms with Gasteiger partial charge in [-0.15, -0.1) is 11.3 Å². The molecule has 2 saturated heterocycles. The van der Waals surface area contributed by atoms with Gasteiger partial charge in [0.1, 0.15) is 18.0 Å². The van der Waals surface area contributed by atoms with Crippen LogP contribution in [-0.2, 0) is 19.1 Å². The summed E-state index contributed by atoms with van der Waals surface area (Å²) in [6, 6.07) is -0.274. The standard InChI is InChI=1S/C27H40N2O7S/c1-14-8-7-9-19-21(36-26(34)29-19)11-20(15(2)10-18-13-37-17(4)28-18)35-23(31)12-22(30)27(5,6)25(33)16(3)24(14)32/h10,13-14,16,19-22,24,30,32H,7-9,11-12H2,1-6H3,(H,29,34)/t14?,16?,19?,20-,21-,22?,24-/m0/s1. The van der Waals surface area contributed by atoms with E-state index in [4.69, 9.17) is 9.47 Å². The number of cyclic esters (lactones) is 1. The summed E-state index contributed by atoms with van der Waals surface area (Å²) >= 11 is 1.51. The Morgan fingerprint density at radius 2 is 1.89 bits per heavy atom. The molecule has 3 N–H and O–H groups in total. The van der Waals surface area contributed by atoms with Crippen molar-refractivity contribution < 1.29 is 34.1 Å². The van der Waals surface area contributed by atoms with Gasteiger partial charge in [0.25, 0.3) is 0 Å². The van der Waals surface area contributed by atoms with Crippen molar-refractivity contribution in [1.82, 2.24) is 10.3 Å².